The van der Waals surface area contributed by atoms with Gasteiger partial charge in [-0.15, -0.1) is 0 Å². The lowest BCUT2D eigenvalue weighted by Gasteiger charge is -2.13. The average Bonchev–Trinajstić information content (AvgIpc) is 2.38. The molecule has 100 valence electrons. The summed E-state index contributed by atoms with van der Waals surface area (Å²) in [5.74, 6) is 6.58. The Labute approximate surface area is 112 Å². The second-order valence-corrected chi connectivity index (χ2v) is 4.13. The van der Waals surface area contributed by atoms with Gasteiger partial charge in [0.15, 0.2) is 0 Å². The van der Waals surface area contributed by atoms with Crippen LogP contribution in [0.15, 0.2) is 23.2 Å². The van der Waals surface area contributed by atoms with Gasteiger partial charge in [-0.3, -0.25) is 10.4 Å². The second-order valence-electron chi connectivity index (χ2n) is 3.70. The molecule has 0 heterocycles. The number of ether oxygens (including phenoxy) is 1. The maximum absolute atomic E-state index is 5.94. The van der Waals surface area contributed by atoms with Crippen LogP contribution in [-0.2, 0) is 0 Å². The van der Waals surface area contributed by atoms with E-state index in [-0.39, 0.29) is 0 Å². The summed E-state index contributed by atoms with van der Waals surface area (Å²) in [6.07, 6.45) is 2.10. The lowest BCUT2D eigenvalue weighted by atomic mass is 10.3. The second kappa shape index (κ2) is 7.79. The topological polar surface area (TPSA) is 71.7 Å². The molecule has 0 saturated carbocycles. The number of anilines is 1. The molecule has 0 saturated heterocycles. The zero-order chi connectivity index (χ0) is 13.4. The van der Waals surface area contributed by atoms with E-state index < -0.39 is 0 Å². The lowest BCUT2D eigenvalue weighted by molar-refractivity contribution is 0.417. The number of rotatable bonds is 5. The highest BCUT2D eigenvalue weighted by Gasteiger charge is 2.05. The summed E-state index contributed by atoms with van der Waals surface area (Å²) in [4.78, 5) is 4.30. The van der Waals surface area contributed by atoms with E-state index in [1.54, 1.807) is 25.3 Å². The van der Waals surface area contributed by atoms with Crippen LogP contribution in [0.25, 0.3) is 0 Å². The maximum atomic E-state index is 5.94. The minimum absolute atomic E-state index is 0.490. The summed E-state index contributed by atoms with van der Waals surface area (Å²) in [5.41, 5.74) is 3.24. The van der Waals surface area contributed by atoms with Gasteiger partial charge < -0.3 is 10.1 Å². The third-order valence-electron chi connectivity index (χ3n) is 2.33. The van der Waals surface area contributed by atoms with Gasteiger partial charge in [0.2, 0.25) is 5.96 Å². The molecule has 6 heteroatoms. The molecule has 0 aliphatic carbocycles. The third-order valence-corrected chi connectivity index (χ3v) is 2.57. The first-order valence-corrected chi connectivity index (χ1v) is 6.20. The number of benzene rings is 1. The van der Waals surface area contributed by atoms with Crippen molar-refractivity contribution in [1.29, 1.82) is 0 Å². The van der Waals surface area contributed by atoms with Crippen molar-refractivity contribution in [1.82, 2.24) is 5.43 Å². The smallest absolute Gasteiger partial charge is 0.210 e. The summed E-state index contributed by atoms with van der Waals surface area (Å²) in [7, 11) is 1.60. The van der Waals surface area contributed by atoms with Crippen molar-refractivity contribution in [2.45, 2.75) is 19.8 Å². The fraction of sp³-hybridized carbons (Fsp3) is 0.417. The molecular weight excluding hydrogens is 252 g/mol. The summed E-state index contributed by atoms with van der Waals surface area (Å²) in [6, 6.07) is 5.30. The van der Waals surface area contributed by atoms with E-state index in [9.17, 15) is 0 Å². The highest BCUT2D eigenvalue weighted by atomic mass is 35.5. The molecule has 0 unspecified atom stereocenters. The number of nitrogens with two attached hydrogens (primary N) is 1. The van der Waals surface area contributed by atoms with Crippen LogP contribution in [0.2, 0.25) is 5.02 Å². The first kappa shape index (κ1) is 14.6. The number of unbranched alkanes of at least 4 members (excludes halogenated alkanes) is 1. The summed E-state index contributed by atoms with van der Waals surface area (Å²) >= 11 is 5.94. The van der Waals surface area contributed by atoms with Gasteiger partial charge in [0, 0.05) is 11.6 Å². The van der Waals surface area contributed by atoms with Crippen LogP contribution >= 0.6 is 11.6 Å². The van der Waals surface area contributed by atoms with E-state index in [1.807, 2.05) is 0 Å². The fourth-order valence-corrected chi connectivity index (χ4v) is 1.55. The van der Waals surface area contributed by atoms with Gasteiger partial charge in [-0.2, -0.15) is 0 Å². The SMILES string of the molecule is CCCCN=C(NN)Nc1cc(Cl)ccc1OC. The first-order chi connectivity index (χ1) is 8.71. The minimum Gasteiger partial charge on any atom is -0.495 e. The van der Waals surface area contributed by atoms with Crippen LogP contribution in [0.3, 0.4) is 0 Å². The van der Waals surface area contributed by atoms with E-state index in [1.165, 1.54) is 0 Å². The average molecular weight is 271 g/mol. The summed E-state index contributed by atoms with van der Waals surface area (Å²) in [5, 5.41) is 3.67. The van der Waals surface area contributed by atoms with Crippen LogP contribution in [0.1, 0.15) is 19.8 Å². The molecule has 0 aromatic heterocycles. The van der Waals surface area contributed by atoms with Crippen molar-refractivity contribution in [3.05, 3.63) is 23.2 Å². The lowest BCUT2D eigenvalue weighted by Crippen LogP contribution is -2.36. The van der Waals surface area contributed by atoms with E-state index in [4.69, 9.17) is 22.2 Å². The molecule has 1 rings (SSSR count). The largest absolute Gasteiger partial charge is 0.495 e. The van der Waals surface area contributed by atoms with Gasteiger partial charge in [-0.1, -0.05) is 24.9 Å². The molecule has 0 aliphatic rings. The number of aliphatic imine (C=N–C) groups is 1. The number of halogens is 1. The number of hydrogen-bond acceptors (Lipinski definition) is 3. The highest BCUT2D eigenvalue weighted by molar-refractivity contribution is 6.31. The Balaban J connectivity index is 2.80. The zero-order valence-corrected chi connectivity index (χ0v) is 11.4. The fourth-order valence-electron chi connectivity index (χ4n) is 1.38. The standard InChI is InChI=1S/C12H19ClN4O/c1-3-4-7-15-12(17-14)16-10-8-9(13)5-6-11(10)18-2/h5-6,8H,3-4,7,14H2,1-2H3,(H2,15,16,17). The molecule has 0 radical (unpaired) electrons. The van der Waals surface area contributed by atoms with Crippen LogP contribution in [0.5, 0.6) is 5.75 Å². The maximum Gasteiger partial charge on any atom is 0.210 e. The quantitative estimate of drug-likeness (QED) is 0.253. The van der Waals surface area contributed by atoms with Crippen molar-refractivity contribution in [3.63, 3.8) is 0 Å². The molecule has 0 bridgehead atoms. The Morgan fingerprint density at radius 2 is 2.28 bits per heavy atom. The van der Waals surface area contributed by atoms with Gasteiger partial charge in [-0.25, -0.2) is 5.84 Å². The number of nitrogens with zero attached hydrogens (tertiary/aromatic N) is 1. The van der Waals surface area contributed by atoms with Crippen molar-refractivity contribution >= 4 is 23.2 Å². The van der Waals surface area contributed by atoms with Crippen molar-refractivity contribution in [2.75, 3.05) is 19.0 Å². The van der Waals surface area contributed by atoms with Crippen LogP contribution in [0, 0.1) is 0 Å². The van der Waals surface area contributed by atoms with Crippen LogP contribution in [-0.4, -0.2) is 19.6 Å². The number of methoxy groups -OCH3 is 1. The molecule has 1 aromatic rings. The number of hydrogen-bond donors (Lipinski definition) is 3. The van der Waals surface area contributed by atoms with Gasteiger partial charge in [0.25, 0.3) is 0 Å². The predicted molar refractivity (Wildman–Crippen MR) is 76.2 cm³/mol. The predicted octanol–water partition coefficient (Wildman–Crippen LogP) is 2.38. The molecule has 0 aliphatic heterocycles. The van der Waals surface area contributed by atoms with Gasteiger partial charge in [0.1, 0.15) is 5.75 Å². The molecule has 5 nitrogen and oxygen atoms in total. The Morgan fingerprint density at radius 3 is 2.89 bits per heavy atom. The molecule has 4 N–H and O–H groups in total. The summed E-state index contributed by atoms with van der Waals surface area (Å²) < 4.78 is 5.23. The third kappa shape index (κ3) is 4.43. The number of nitrogens with one attached hydrogen (secondary N) is 2. The number of hydrazine groups is 1. The van der Waals surface area contributed by atoms with Crippen molar-refractivity contribution in [2.24, 2.45) is 10.8 Å². The van der Waals surface area contributed by atoms with E-state index in [2.05, 4.69) is 22.7 Å². The Hall–Kier alpha value is -1.46. The Morgan fingerprint density at radius 1 is 1.50 bits per heavy atom. The zero-order valence-electron chi connectivity index (χ0n) is 10.7. The molecule has 1 aromatic carbocycles. The normalized spacial score (nSPS) is 11.2. The molecule has 0 atom stereocenters. The molecule has 18 heavy (non-hydrogen) atoms. The Kier molecular flexibility index (Phi) is 6.32. The van der Waals surface area contributed by atoms with E-state index in [0.29, 0.717) is 23.3 Å². The minimum atomic E-state index is 0.490. The number of guanidine groups is 1. The van der Waals surface area contributed by atoms with E-state index in [0.717, 1.165) is 18.5 Å². The van der Waals surface area contributed by atoms with Gasteiger partial charge in [-0.05, 0) is 24.6 Å². The monoisotopic (exact) mass is 270 g/mol. The van der Waals surface area contributed by atoms with Crippen LogP contribution in [0.4, 0.5) is 5.69 Å². The first-order valence-electron chi connectivity index (χ1n) is 5.83. The molecular formula is C12H19ClN4O. The van der Waals surface area contributed by atoms with Crippen molar-refractivity contribution < 1.29 is 4.74 Å². The van der Waals surface area contributed by atoms with Crippen LogP contribution < -0.4 is 21.3 Å². The molecule has 0 fully saturated rings. The van der Waals surface area contributed by atoms with Crippen molar-refractivity contribution in [3.8, 4) is 5.75 Å². The molecule has 0 spiro atoms. The van der Waals surface area contributed by atoms with Gasteiger partial charge in [0.05, 0.1) is 12.8 Å². The van der Waals surface area contributed by atoms with Gasteiger partial charge >= 0.3 is 0 Å². The summed E-state index contributed by atoms with van der Waals surface area (Å²) in [6.45, 7) is 2.82. The highest BCUT2D eigenvalue weighted by Crippen LogP contribution is 2.27. The Bertz CT molecular complexity index is 409. The molecule has 0 amide bonds. The van der Waals surface area contributed by atoms with E-state index >= 15 is 0 Å².